The summed E-state index contributed by atoms with van der Waals surface area (Å²) in [6, 6.07) is 5.84. The minimum absolute atomic E-state index is 0.0314. The van der Waals surface area contributed by atoms with Gasteiger partial charge in [-0.2, -0.15) is 0 Å². The van der Waals surface area contributed by atoms with Gasteiger partial charge in [0.25, 0.3) is 0 Å². The summed E-state index contributed by atoms with van der Waals surface area (Å²) in [6.45, 7) is 4.95. The lowest BCUT2D eigenvalue weighted by Gasteiger charge is -2.23. The molecule has 0 aromatic heterocycles. The third-order valence-corrected chi connectivity index (χ3v) is 3.83. The summed E-state index contributed by atoms with van der Waals surface area (Å²) in [5.41, 5.74) is 3.32. The van der Waals surface area contributed by atoms with Gasteiger partial charge >= 0.3 is 6.03 Å². The Hall–Kier alpha value is -1.55. The number of amides is 2. The molecule has 0 aliphatic carbocycles. The number of rotatable bonds is 3. The van der Waals surface area contributed by atoms with E-state index in [1.54, 1.807) is 4.90 Å². The number of anilines is 1. The zero-order valence-corrected chi connectivity index (χ0v) is 11.6. The average Bonchev–Trinajstić information content (AvgIpc) is 2.89. The molecule has 4 nitrogen and oxygen atoms in total. The molecular weight excluding hydrogens is 240 g/mol. The number of nitrogens with zero attached hydrogens (tertiary/aromatic N) is 1. The molecule has 19 heavy (non-hydrogen) atoms. The maximum Gasteiger partial charge on any atom is 0.322 e. The number of aliphatic hydroxyl groups is 1. The highest BCUT2D eigenvalue weighted by atomic mass is 16.3. The largest absolute Gasteiger partial charge is 0.394 e. The second-order valence-corrected chi connectivity index (χ2v) is 5.10. The Kier molecular flexibility index (Phi) is 4.43. The number of likely N-dealkylation sites (tertiary alicyclic amines) is 1. The van der Waals surface area contributed by atoms with Crippen LogP contribution in [0.1, 0.15) is 30.9 Å². The minimum Gasteiger partial charge on any atom is -0.394 e. The molecule has 4 heteroatoms. The number of carbonyl (C=O) groups is 1. The number of urea groups is 1. The maximum absolute atomic E-state index is 12.2. The van der Waals surface area contributed by atoms with E-state index < -0.39 is 0 Å². The molecule has 1 unspecified atom stereocenters. The van der Waals surface area contributed by atoms with Crippen molar-refractivity contribution in [1.29, 1.82) is 0 Å². The average molecular weight is 262 g/mol. The fourth-order valence-electron chi connectivity index (χ4n) is 2.62. The van der Waals surface area contributed by atoms with Crippen molar-refractivity contribution in [1.82, 2.24) is 4.90 Å². The van der Waals surface area contributed by atoms with Crippen LogP contribution in [0.4, 0.5) is 10.5 Å². The molecule has 1 heterocycles. The van der Waals surface area contributed by atoms with Crippen molar-refractivity contribution in [2.24, 2.45) is 0 Å². The molecule has 1 atom stereocenters. The summed E-state index contributed by atoms with van der Waals surface area (Å²) in [4.78, 5) is 13.9. The van der Waals surface area contributed by atoms with Gasteiger partial charge in [0.1, 0.15) is 0 Å². The molecule has 1 fully saturated rings. The van der Waals surface area contributed by atoms with Crippen molar-refractivity contribution in [3.05, 3.63) is 29.3 Å². The number of hydrogen-bond acceptors (Lipinski definition) is 2. The molecule has 104 valence electrons. The first-order valence-electron chi connectivity index (χ1n) is 6.93. The smallest absolute Gasteiger partial charge is 0.322 e. The molecule has 2 N–H and O–H groups in total. The highest BCUT2D eigenvalue weighted by Gasteiger charge is 2.27. The number of benzene rings is 1. The van der Waals surface area contributed by atoms with Gasteiger partial charge in [0.05, 0.1) is 12.6 Å². The molecule has 2 rings (SSSR count). The Morgan fingerprint density at radius 3 is 3.00 bits per heavy atom. The van der Waals surface area contributed by atoms with E-state index in [0.29, 0.717) is 0 Å². The summed E-state index contributed by atoms with van der Waals surface area (Å²) in [5, 5.41) is 12.2. The molecule has 0 saturated carbocycles. The highest BCUT2D eigenvalue weighted by molar-refractivity contribution is 5.89. The second-order valence-electron chi connectivity index (χ2n) is 5.10. The van der Waals surface area contributed by atoms with E-state index in [-0.39, 0.29) is 18.7 Å². The molecular formula is C15H22N2O2. The Labute approximate surface area is 114 Å². The van der Waals surface area contributed by atoms with Crippen LogP contribution in [0.3, 0.4) is 0 Å². The molecule has 1 saturated heterocycles. The Morgan fingerprint density at radius 2 is 2.32 bits per heavy atom. The quantitative estimate of drug-likeness (QED) is 0.879. The fraction of sp³-hybridized carbons (Fsp3) is 0.533. The van der Waals surface area contributed by atoms with Crippen molar-refractivity contribution in [3.63, 3.8) is 0 Å². The third kappa shape index (κ3) is 3.07. The topological polar surface area (TPSA) is 52.6 Å². The van der Waals surface area contributed by atoms with Gasteiger partial charge in [-0.3, -0.25) is 0 Å². The highest BCUT2D eigenvalue weighted by Crippen LogP contribution is 2.20. The van der Waals surface area contributed by atoms with E-state index in [4.69, 9.17) is 0 Å². The zero-order chi connectivity index (χ0) is 13.8. The van der Waals surface area contributed by atoms with Crippen LogP contribution in [0.15, 0.2) is 18.2 Å². The number of aliphatic hydroxyl groups excluding tert-OH is 1. The van der Waals surface area contributed by atoms with Crippen LogP contribution in [0.25, 0.3) is 0 Å². The van der Waals surface area contributed by atoms with E-state index >= 15 is 0 Å². The number of aryl methyl sites for hydroxylation is 2. The number of hydrogen-bond donors (Lipinski definition) is 2. The lowest BCUT2D eigenvalue weighted by atomic mass is 10.1. The predicted octanol–water partition coefficient (Wildman–Crippen LogP) is 2.55. The molecule has 1 aromatic carbocycles. The number of nitrogens with one attached hydrogen (secondary N) is 1. The summed E-state index contributed by atoms with van der Waals surface area (Å²) < 4.78 is 0. The van der Waals surface area contributed by atoms with Crippen LogP contribution in [0.2, 0.25) is 0 Å². The monoisotopic (exact) mass is 262 g/mol. The van der Waals surface area contributed by atoms with Crippen LogP contribution < -0.4 is 5.32 Å². The van der Waals surface area contributed by atoms with Gasteiger partial charge in [-0.25, -0.2) is 4.79 Å². The van der Waals surface area contributed by atoms with Crippen LogP contribution >= 0.6 is 0 Å². The second kappa shape index (κ2) is 6.06. The predicted molar refractivity (Wildman–Crippen MR) is 76.4 cm³/mol. The molecule has 1 aliphatic heterocycles. The zero-order valence-electron chi connectivity index (χ0n) is 11.6. The first-order valence-corrected chi connectivity index (χ1v) is 6.93. The lowest BCUT2D eigenvalue weighted by Crippen LogP contribution is -2.40. The molecule has 1 aliphatic rings. The lowest BCUT2D eigenvalue weighted by molar-refractivity contribution is 0.166. The molecule has 0 bridgehead atoms. The van der Waals surface area contributed by atoms with Gasteiger partial charge in [0.2, 0.25) is 0 Å². The normalized spacial score (nSPS) is 18.7. The van der Waals surface area contributed by atoms with E-state index in [0.717, 1.165) is 31.5 Å². The van der Waals surface area contributed by atoms with Gasteiger partial charge in [-0.1, -0.05) is 13.0 Å². The molecule has 0 spiro atoms. The third-order valence-electron chi connectivity index (χ3n) is 3.83. The number of carbonyl (C=O) groups excluding carboxylic acids is 1. The Morgan fingerprint density at radius 1 is 1.53 bits per heavy atom. The minimum atomic E-state index is -0.109. The van der Waals surface area contributed by atoms with Crippen LogP contribution in [0.5, 0.6) is 0 Å². The van der Waals surface area contributed by atoms with Gasteiger partial charge in [-0.15, -0.1) is 0 Å². The summed E-state index contributed by atoms with van der Waals surface area (Å²) in [6.07, 6.45) is 2.81. The standard InChI is InChI=1S/C15H22N2O2/c1-3-12-9-13(7-6-11(12)2)16-15(19)17-8-4-5-14(17)10-18/h6-7,9,14,18H,3-5,8,10H2,1-2H3,(H,16,19). The van der Waals surface area contributed by atoms with Crippen molar-refractivity contribution in [2.45, 2.75) is 39.2 Å². The first kappa shape index (κ1) is 13.9. The summed E-state index contributed by atoms with van der Waals surface area (Å²) >= 11 is 0. The van der Waals surface area contributed by atoms with E-state index in [9.17, 15) is 9.90 Å². The summed E-state index contributed by atoms with van der Waals surface area (Å²) in [7, 11) is 0. The summed E-state index contributed by atoms with van der Waals surface area (Å²) in [5.74, 6) is 0. The van der Waals surface area contributed by atoms with E-state index in [2.05, 4.69) is 19.2 Å². The SMILES string of the molecule is CCc1cc(NC(=O)N2CCCC2CO)ccc1C. The molecule has 2 amide bonds. The van der Waals surface area contributed by atoms with Crippen molar-refractivity contribution < 1.29 is 9.90 Å². The van der Waals surface area contributed by atoms with Crippen LogP contribution in [-0.4, -0.2) is 35.2 Å². The van der Waals surface area contributed by atoms with E-state index in [1.807, 2.05) is 18.2 Å². The van der Waals surface area contributed by atoms with Crippen LogP contribution in [-0.2, 0) is 6.42 Å². The van der Waals surface area contributed by atoms with Gasteiger partial charge in [-0.05, 0) is 49.4 Å². The van der Waals surface area contributed by atoms with Gasteiger partial charge < -0.3 is 15.3 Å². The van der Waals surface area contributed by atoms with Crippen molar-refractivity contribution in [2.75, 3.05) is 18.5 Å². The molecule has 1 aromatic rings. The molecule has 0 radical (unpaired) electrons. The van der Waals surface area contributed by atoms with Crippen molar-refractivity contribution >= 4 is 11.7 Å². The first-order chi connectivity index (χ1) is 9.15. The maximum atomic E-state index is 12.2. The van der Waals surface area contributed by atoms with Crippen molar-refractivity contribution in [3.8, 4) is 0 Å². The Balaban J connectivity index is 2.06. The van der Waals surface area contributed by atoms with E-state index in [1.165, 1.54) is 11.1 Å². The Bertz CT molecular complexity index is 459. The van der Waals surface area contributed by atoms with Crippen LogP contribution in [0, 0.1) is 6.92 Å². The van der Waals surface area contributed by atoms with Gasteiger partial charge in [0, 0.05) is 12.2 Å². The van der Waals surface area contributed by atoms with Gasteiger partial charge in [0.15, 0.2) is 0 Å². The fourth-order valence-corrected chi connectivity index (χ4v) is 2.62.